The topological polar surface area (TPSA) is 41.6 Å². The standard InChI is InChI=1S/C11H18N2O2/c1-15-6-5-13-7-9-10(12-8-13)3-2-4-11(9)14/h12H,2-8H2,1H3. The van der Waals surface area contributed by atoms with Gasteiger partial charge in [0.25, 0.3) is 0 Å². The van der Waals surface area contributed by atoms with Crippen molar-refractivity contribution in [2.45, 2.75) is 19.3 Å². The van der Waals surface area contributed by atoms with Crippen molar-refractivity contribution < 1.29 is 9.53 Å². The van der Waals surface area contributed by atoms with E-state index in [0.717, 1.165) is 51.2 Å². The average Bonchev–Trinajstić information content (AvgIpc) is 2.27. The lowest BCUT2D eigenvalue weighted by molar-refractivity contribution is -0.116. The Kier molecular flexibility index (Phi) is 3.38. The fraction of sp³-hybridized carbons (Fsp3) is 0.727. The monoisotopic (exact) mass is 210 g/mol. The van der Waals surface area contributed by atoms with Crippen LogP contribution in [0.15, 0.2) is 11.3 Å². The van der Waals surface area contributed by atoms with Crippen molar-refractivity contribution in [3.63, 3.8) is 0 Å². The minimum atomic E-state index is 0.325. The molecular weight excluding hydrogens is 192 g/mol. The van der Waals surface area contributed by atoms with Gasteiger partial charge < -0.3 is 10.1 Å². The summed E-state index contributed by atoms with van der Waals surface area (Å²) in [4.78, 5) is 13.9. The SMILES string of the molecule is COCCN1CNC2=C(C1)C(=O)CCC2. The predicted molar refractivity (Wildman–Crippen MR) is 57.3 cm³/mol. The molecule has 0 saturated heterocycles. The molecule has 4 nitrogen and oxygen atoms in total. The summed E-state index contributed by atoms with van der Waals surface area (Å²) in [5, 5.41) is 3.34. The number of ether oxygens (including phenoxy) is 1. The number of methoxy groups -OCH3 is 1. The number of rotatable bonds is 3. The van der Waals surface area contributed by atoms with Crippen LogP contribution in [-0.2, 0) is 9.53 Å². The highest BCUT2D eigenvalue weighted by Gasteiger charge is 2.25. The van der Waals surface area contributed by atoms with Crippen molar-refractivity contribution in [2.24, 2.45) is 0 Å². The van der Waals surface area contributed by atoms with Crippen LogP contribution in [0.5, 0.6) is 0 Å². The van der Waals surface area contributed by atoms with Gasteiger partial charge in [-0.3, -0.25) is 9.69 Å². The maximum absolute atomic E-state index is 11.7. The Balaban J connectivity index is 1.99. The molecule has 0 aromatic heterocycles. The quantitative estimate of drug-likeness (QED) is 0.736. The molecule has 1 aliphatic heterocycles. The van der Waals surface area contributed by atoms with Crippen LogP contribution >= 0.6 is 0 Å². The number of carbonyl (C=O) groups is 1. The second-order valence-electron chi connectivity index (χ2n) is 4.11. The second kappa shape index (κ2) is 4.77. The zero-order valence-electron chi connectivity index (χ0n) is 9.21. The first-order valence-corrected chi connectivity index (χ1v) is 5.51. The summed E-state index contributed by atoms with van der Waals surface area (Å²) in [6, 6.07) is 0. The number of nitrogens with one attached hydrogen (secondary N) is 1. The highest BCUT2D eigenvalue weighted by atomic mass is 16.5. The third kappa shape index (κ3) is 2.38. The van der Waals surface area contributed by atoms with Crippen molar-refractivity contribution in [1.82, 2.24) is 10.2 Å². The maximum atomic E-state index is 11.7. The molecule has 15 heavy (non-hydrogen) atoms. The Morgan fingerprint density at radius 3 is 3.13 bits per heavy atom. The number of ketones is 1. The molecule has 2 aliphatic rings. The van der Waals surface area contributed by atoms with Gasteiger partial charge in [-0.15, -0.1) is 0 Å². The molecule has 0 atom stereocenters. The maximum Gasteiger partial charge on any atom is 0.161 e. The van der Waals surface area contributed by atoms with Crippen molar-refractivity contribution >= 4 is 5.78 Å². The second-order valence-corrected chi connectivity index (χ2v) is 4.11. The molecule has 1 aliphatic carbocycles. The zero-order valence-corrected chi connectivity index (χ0v) is 9.21. The summed E-state index contributed by atoms with van der Waals surface area (Å²) in [6.45, 7) is 3.24. The summed E-state index contributed by atoms with van der Waals surface area (Å²) in [5.41, 5.74) is 2.18. The molecule has 0 radical (unpaired) electrons. The Hall–Kier alpha value is -0.870. The fourth-order valence-electron chi connectivity index (χ4n) is 2.14. The minimum absolute atomic E-state index is 0.325. The molecule has 0 bridgehead atoms. The van der Waals surface area contributed by atoms with Crippen LogP contribution in [0.1, 0.15) is 19.3 Å². The van der Waals surface area contributed by atoms with Crippen molar-refractivity contribution in [1.29, 1.82) is 0 Å². The van der Waals surface area contributed by atoms with E-state index < -0.39 is 0 Å². The molecule has 1 heterocycles. The normalized spacial score (nSPS) is 22.6. The van der Waals surface area contributed by atoms with E-state index in [1.54, 1.807) is 7.11 Å². The number of carbonyl (C=O) groups excluding carboxylic acids is 1. The Bertz CT molecular complexity index is 286. The fourth-order valence-corrected chi connectivity index (χ4v) is 2.14. The lowest BCUT2D eigenvalue weighted by atomic mass is 9.93. The molecule has 0 amide bonds. The highest BCUT2D eigenvalue weighted by Crippen LogP contribution is 2.23. The van der Waals surface area contributed by atoms with Crippen LogP contribution in [-0.4, -0.2) is 44.2 Å². The van der Waals surface area contributed by atoms with E-state index in [1.807, 2.05) is 0 Å². The van der Waals surface area contributed by atoms with Crippen LogP contribution in [0.4, 0.5) is 0 Å². The van der Waals surface area contributed by atoms with Gasteiger partial charge in [-0.05, 0) is 12.8 Å². The van der Waals surface area contributed by atoms with Crippen molar-refractivity contribution in [3.8, 4) is 0 Å². The lowest BCUT2D eigenvalue weighted by Gasteiger charge is -2.33. The molecule has 0 aromatic rings. The highest BCUT2D eigenvalue weighted by molar-refractivity contribution is 5.97. The van der Waals surface area contributed by atoms with Gasteiger partial charge in [0.15, 0.2) is 5.78 Å². The molecule has 84 valence electrons. The summed E-state index contributed by atoms with van der Waals surface area (Å²) in [5.74, 6) is 0.325. The van der Waals surface area contributed by atoms with Crippen molar-refractivity contribution in [2.75, 3.05) is 33.5 Å². The third-order valence-corrected chi connectivity index (χ3v) is 3.04. The van der Waals surface area contributed by atoms with Gasteiger partial charge in [0.2, 0.25) is 0 Å². The van der Waals surface area contributed by atoms with E-state index in [9.17, 15) is 4.79 Å². The molecule has 0 aromatic carbocycles. The molecule has 2 rings (SSSR count). The summed E-state index contributed by atoms with van der Waals surface area (Å²) >= 11 is 0. The van der Waals surface area contributed by atoms with Crippen LogP contribution in [0.2, 0.25) is 0 Å². The van der Waals surface area contributed by atoms with E-state index in [0.29, 0.717) is 5.78 Å². The molecule has 4 heteroatoms. The van der Waals surface area contributed by atoms with Gasteiger partial charge in [0, 0.05) is 37.9 Å². The van der Waals surface area contributed by atoms with E-state index in [4.69, 9.17) is 4.74 Å². The van der Waals surface area contributed by atoms with Crippen LogP contribution in [0.3, 0.4) is 0 Å². The predicted octanol–water partition coefficient (Wildman–Crippen LogP) is 0.503. The van der Waals surface area contributed by atoms with E-state index in [2.05, 4.69) is 10.2 Å². The first-order valence-electron chi connectivity index (χ1n) is 5.51. The molecule has 0 saturated carbocycles. The van der Waals surface area contributed by atoms with Gasteiger partial charge >= 0.3 is 0 Å². The molecular formula is C11H18N2O2. The van der Waals surface area contributed by atoms with E-state index >= 15 is 0 Å². The van der Waals surface area contributed by atoms with Gasteiger partial charge in [-0.25, -0.2) is 0 Å². The largest absolute Gasteiger partial charge is 0.383 e. The first kappa shape index (κ1) is 10.6. The molecule has 0 fully saturated rings. The van der Waals surface area contributed by atoms with Gasteiger partial charge in [0.05, 0.1) is 13.3 Å². The van der Waals surface area contributed by atoms with Crippen molar-refractivity contribution in [3.05, 3.63) is 11.3 Å². The summed E-state index contributed by atoms with van der Waals surface area (Å²) in [7, 11) is 1.70. The number of hydrogen-bond donors (Lipinski definition) is 1. The number of nitrogens with zero attached hydrogens (tertiary/aromatic N) is 1. The Morgan fingerprint density at radius 1 is 1.47 bits per heavy atom. The van der Waals surface area contributed by atoms with Gasteiger partial charge in [-0.2, -0.15) is 0 Å². The molecule has 0 spiro atoms. The van der Waals surface area contributed by atoms with Gasteiger partial charge in [-0.1, -0.05) is 0 Å². The zero-order chi connectivity index (χ0) is 10.7. The number of Topliss-reactive ketones (excluding diaryl/α,β-unsaturated/α-hetero) is 1. The summed E-state index contributed by atoms with van der Waals surface area (Å²) in [6.07, 6.45) is 2.76. The van der Waals surface area contributed by atoms with Crippen LogP contribution in [0.25, 0.3) is 0 Å². The number of hydrogen-bond acceptors (Lipinski definition) is 4. The molecule has 0 unspecified atom stereocenters. The Labute approximate surface area is 90.3 Å². The molecule has 1 N–H and O–H groups in total. The van der Waals surface area contributed by atoms with E-state index in [1.165, 1.54) is 5.70 Å². The summed E-state index contributed by atoms with van der Waals surface area (Å²) < 4.78 is 5.04. The lowest BCUT2D eigenvalue weighted by Crippen LogP contribution is -2.44. The first-order chi connectivity index (χ1) is 7.31. The number of allylic oxidation sites excluding steroid dienone is 1. The van der Waals surface area contributed by atoms with Crippen LogP contribution in [0, 0.1) is 0 Å². The van der Waals surface area contributed by atoms with E-state index in [-0.39, 0.29) is 0 Å². The Morgan fingerprint density at radius 2 is 2.33 bits per heavy atom. The van der Waals surface area contributed by atoms with Gasteiger partial charge in [0.1, 0.15) is 0 Å². The minimum Gasteiger partial charge on any atom is -0.383 e. The average molecular weight is 210 g/mol. The third-order valence-electron chi connectivity index (χ3n) is 3.04. The smallest absolute Gasteiger partial charge is 0.161 e. The van der Waals surface area contributed by atoms with Crippen LogP contribution < -0.4 is 5.32 Å².